The highest BCUT2D eigenvalue weighted by Gasteiger charge is 2.14. The third-order valence-electron chi connectivity index (χ3n) is 5.25. The number of nitrogens with one attached hydrogen (secondary N) is 2. The van der Waals surface area contributed by atoms with Crippen molar-refractivity contribution in [2.24, 2.45) is 0 Å². The quantitative estimate of drug-likeness (QED) is 0.333. The number of hydrogen-bond acceptors (Lipinski definition) is 6. The largest absolute Gasteiger partial charge is 0.513 e. The molecule has 182 valence electrons. The molecule has 2 amide bonds. The van der Waals surface area contributed by atoms with Gasteiger partial charge in [0.05, 0.1) is 18.0 Å². The third kappa shape index (κ3) is 6.83. The summed E-state index contributed by atoms with van der Waals surface area (Å²) >= 11 is 0. The second kappa shape index (κ2) is 11.7. The first-order chi connectivity index (χ1) is 16.8. The molecular weight excluding hydrogens is 448 g/mol. The van der Waals surface area contributed by atoms with Gasteiger partial charge in [0.2, 0.25) is 0 Å². The minimum atomic E-state index is -0.814. The molecule has 0 unspecified atom stereocenters. The fourth-order valence-corrected chi connectivity index (χ4v) is 3.29. The van der Waals surface area contributed by atoms with Crippen LogP contribution in [0, 0.1) is 20.8 Å². The number of carbonyl (C=O) groups excluding carboxylic acids is 3. The van der Waals surface area contributed by atoms with E-state index in [0.717, 1.165) is 16.7 Å². The van der Waals surface area contributed by atoms with Crippen molar-refractivity contribution in [3.63, 3.8) is 0 Å². The Morgan fingerprint density at radius 1 is 0.800 bits per heavy atom. The molecule has 0 aliphatic heterocycles. The van der Waals surface area contributed by atoms with Crippen LogP contribution in [-0.4, -0.2) is 31.2 Å². The molecule has 0 fully saturated rings. The van der Waals surface area contributed by atoms with Crippen LogP contribution in [0.3, 0.4) is 0 Å². The summed E-state index contributed by atoms with van der Waals surface area (Å²) in [5, 5.41) is 5.57. The van der Waals surface area contributed by atoms with Crippen LogP contribution >= 0.6 is 0 Å². The van der Waals surface area contributed by atoms with Gasteiger partial charge < -0.3 is 24.8 Å². The van der Waals surface area contributed by atoms with Crippen LogP contribution in [0.1, 0.15) is 34.0 Å². The van der Waals surface area contributed by atoms with E-state index >= 15 is 0 Å². The number of amides is 2. The third-order valence-corrected chi connectivity index (χ3v) is 5.25. The van der Waals surface area contributed by atoms with E-state index in [-0.39, 0.29) is 24.9 Å². The minimum absolute atomic E-state index is 0.171. The molecule has 3 aromatic rings. The van der Waals surface area contributed by atoms with Crippen molar-refractivity contribution in [2.45, 2.75) is 27.7 Å². The van der Waals surface area contributed by atoms with Gasteiger partial charge in [0, 0.05) is 5.56 Å². The molecule has 3 rings (SSSR count). The molecule has 0 aromatic heterocycles. The van der Waals surface area contributed by atoms with E-state index < -0.39 is 12.1 Å². The molecule has 0 atom stereocenters. The second-order valence-corrected chi connectivity index (χ2v) is 7.80. The van der Waals surface area contributed by atoms with Crippen LogP contribution < -0.4 is 20.1 Å². The molecule has 3 aromatic carbocycles. The van der Waals surface area contributed by atoms with Crippen molar-refractivity contribution in [1.29, 1.82) is 0 Å². The number of benzene rings is 3. The highest BCUT2D eigenvalue weighted by atomic mass is 16.7. The molecule has 0 saturated heterocycles. The monoisotopic (exact) mass is 476 g/mol. The number of aryl methyl sites for hydroxylation is 2. The van der Waals surface area contributed by atoms with Gasteiger partial charge in [-0.25, -0.2) is 4.79 Å². The molecule has 0 aliphatic carbocycles. The van der Waals surface area contributed by atoms with Gasteiger partial charge in [0.25, 0.3) is 11.8 Å². The summed E-state index contributed by atoms with van der Waals surface area (Å²) in [6, 6.07) is 16.9. The highest BCUT2D eigenvalue weighted by molar-refractivity contribution is 6.07. The summed E-state index contributed by atoms with van der Waals surface area (Å²) in [7, 11) is 0. The molecule has 0 saturated carbocycles. The predicted molar refractivity (Wildman–Crippen MR) is 133 cm³/mol. The first-order valence-electron chi connectivity index (χ1n) is 11.1. The minimum Gasteiger partial charge on any atom is -0.483 e. The fraction of sp³-hybridized carbons (Fsp3) is 0.222. The lowest BCUT2D eigenvalue weighted by atomic mass is 10.1. The lowest BCUT2D eigenvalue weighted by molar-refractivity contribution is -0.118. The zero-order chi connectivity index (χ0) is 25.4. The number of ether oxygens (including phenoxy) is 3. The van der Waals surface area contributed by atoms with Crippen molar-refractivity contribution in [2.75, 3.05) is 23.8 Å². The Labute approximate surface area is 204 Å². The molecular formula is C27H28N2O6. The summed E-state index contributed by atoms with van der Waals surface area (Å²) in [6.07, 6.45) is -0.814. The van der Waals surface area contributed by atoms with Crippen molar-refractivity contribution in [1.82, 2.24) is 0 Å². The topological polar surface area (TPSA) is 103 Å². The fourth-order valence-electron chi connectivity index (χ4n) is 3.29. The van der Waals surface area contributed by atoms with Crippen molar-refractivity contribution >= 4 is 29.3 Å². The Kier molecular flexibility index (Phi) is 8.45. The van der Waals surface area contributed by atoms with Gasteiger partial charge in [-0.15, -0.1) is 0 Å². The van der Waals surface area contributed by atoms with Crippen LogP contribution in [-0.2, 0) is 9.53 Å². The number of hydrogen-bond donors (Lipinski definition) is 2. The summed E-state index contributed by atoms with van der Waals surface area (Å²) in [4.78, 5) is 36.7. The van der Waals surface area contributed by atoms with Gasteiger partial charge in [-0.3, -0.25) is 9.59 Å². The van der Waals surface area contributed by atoms with Gasteiger partial charge in [0.1, 0.15) is 11.5 Å². The molecule has 35 heavy (non-hydrogen) atoms. The molecule has 0 heterocycles. The Morgan fingerprint density at radius 3 is 2.09 bits per heavy atom. The lowest BCUT2D eigenvalue weighted by Crippen LogP contribution is -2.22. The van der Waals surface area contributed by atoms with E-state index in [9.17, 15) is 14.4 Å². The Hall–Kier alpha value is -4.33. The van der Waals surface area contributed by atoms with E-state index in [1.165, 1.54) is 24.3 Å². The molecule has 0 bridgehead atoms. The van der Waals surface area contributed by atoms with E-state index in [0.29, 0.717) is 22.7 Å². The van der Waals surface area contributed by atoms with Crippen LogP contribution in [0.2, 0.25) is 0 Å². The number of carbonyl (C=O) groups is 3. The maximum absolute atomic E-state index is 12.7. The highest BCUT2D eigenvalue weighted by Crippen LogP contribution is 2.26. The second-order valence-electron chi connectivity index (χ2n) is 7.80. The van der Waals surface area contributed by atoms with Gasteiger partial charge in [-0.1, -0.05) is 24.3 Å². The van der Waals surface area contributed by atoms with E-state index in [1.807, 2.05) is 32.9 Å². The zero-order valence-electron chi connectivity index (χ0n) is 20.1. The molecule has 0 spiro atoms. The Morgan fingerprint density at radius 2 is 1.43 bits per heavy atom. The predicted octanol–water partition coefficient (Wildman–Crippen LogP) is 5.42. The zero-order valence-corrected chi connectivity index (χ0v) is 20.1. The summed E-state index contributed by atoms with van der Waals surface area (Å²) in [6.45, 7) is 7.58. The summed E-state index contributed by atoms with van der Waals surface area (Å²) in [5.41, 5.74) is 4.24. The molecule has 2 N–H and O–H groups in total. The van der Waals surface area contributed by atoms with Gasteiger partial charge in [-0.05, 0) is 80.8 Å². The van der Waals surface area contributed by atoms with Gasteiger partial charge in [0.15, 0.2) is 6.61 Å². The van der Waals surface area contributed by atoms with Crippen LogP contribution in [0.5, 0.6) is 11.5 Å². The first kappa shape index (κ1) is 25.3. The smallest absolute Gasteiger partial charge is 0.483 e. The standard InChI is InChI=1S/C27H28N2O6/c1-5-33-27(32)35-21-14-12-20(13-15-21)26(31)29-23-9-7-6-8-22(23)28-24(30)16-34-25-18(3)11-10-17(2)19(25)4/h6-15H,5,16H2,1-4H3,(H,28,30)(H,29,31). The molecule has 0 aliphatic rings. The van der Waals surface area contributed by atoms with Gasteiger partial charge >= 0.3 is 6.16 Å². The number of rotatable bonds is 8. The first-order valence-corrected chi connectivity index (χ1v) is 11.1. The Balaban J connectivity index is 1.63. The van der Waals surface area contributed by atoms with Crippen LogP contribution in [0.15, 0.2) is 60.7 Å². The number of anilines is 2. The van der Waals surface area contributed by atoms with E-state index in [4.69, 9.17) is 14.2 Å². The summed E-state index contributed by atoms with van der Waals surface area (Å²) < 4.78 is 15.5. The van der Waals surface area contributed by atoms with Crippen LogP contribution in [0.25, 0.3) is 0 Å². The van der Waals surface area contributed by atoms with Crippen molar-refractivity contribution in [3.05, 3.63) is 82.9 Å². The number of para-hydroxylation sites is 2. The molecule has 8 heteroatoms. The maximum atomic E-state index is 12.7. The average molecular weight is 477 g/mol. The van der Waals surface area contributed by atoms with Gasteiger partial charge in [-0.2, -0.15) is 0 Å². The van der Waals surface area contributed by atoms with Crippen molar-refractivity contribution < 1.29 is 28.6 Å². The molecule has 0 radical (unpaired) electrons. The van der Waals surface area contributed by atoms with Crippen LogP contribution in [0.4, 0.5) is 16.2 Å². The van der Waals surface area contributed by atoms with E-state index in [2.05, 4.69) is 10.6 Å². The van der Waals surface area contributed by atoms with Crippen molar-refractivity contribution in [3.8, 4) is 11.5 Å². The average Bonchev–Trinajstić information content (AvgIpc) is 2.83. The summed E-state index contributed by atoms with van der Waals surface area (Å²) in [5.74, 6) is 0.202. The SMILES string of the molecule is CCOC(=O)Oc1ccc(C(=O)Nc2ccccc2NC(=O)COc2c(C)ccc(C)c2C)cc1. The molecule has 8 nitrogen and oxygen atoms in total. The normalized spacial score (nSPS) is 10.3. The van der Waals surface area contributed by atoms with E-state index in [1.54, 1.807) is 31.2 Å². The maximum Gasteiger partial charge on any atom is 0.513 e. The Bertz CT molecular complexity index is 1220. The lowest BCUT2D eigenvalue weighted by Gasteiger charge is -2.15.